The molecule has 1 heterocycles. The summed E-state index contributed by atoms with van der Waals surface area (Å²) < 4.78 is 12.8. The third-order valence-electron chi connectivity index (χ3n) is 1.30. The van der Waals surface area contributed by atoms with E-state index in [1.165, 1.54) is 6.20 Å². The van der Waals surface area contributed by atoms with Gasteiger partial charge in [-0.3, -0.25) is 4.98 Å². The number of hydrogen-bond acceptors (Lipinski definition) is 2. The molecule has 0 amide bonds. The second kappa shape index (κ2) is 2.75. The Bertz CT molecular complexity index is 237. The molecule has 1 N–H and O–H groups in total. The van der Waals surface area contributed by atoms with Crippen molar-refractivity contribution in [1.29, 1.82) is 0 Å². The molecule has 0 fully saturated rings. The minimum Gasteiger partial charge on any atom is -0.390 e. The first kappa shape index (κ1) is 7.15. The van der Waals surface area contributed by atoms with Gasteiger partial charge in [0, 0.05) is 6.20 Å². The zero-order valence-corrected chi connectivity index (χ0v) is 5.63. The molecule has 0 atom stereocenters. The lowest BCUT2D eigenvalue weighted by molar-refractivity contribution is 0.269. The largest absolute Gasteiger partial charge is 0.390 e. The minimum atomic E-state index is -0.412. The van der Waals surface area contributed by atoms with Crippen molar-refractivity contribution in [2.75, 3.05) is 0 Å². The van der Waals surface area contributed by atoms with Gasteiger partial charge in [0.1, 0.15) is 11.5 Å². The summed E-state index contributed by atoms with van der Waals surface area (Å²) >= 11 is 0. The van der Waals surface area contributed by atoms with Gasteiger partial charge in [-0.2, -0.15) is 0 Å². The molecule has 0 aliphatic rings. The van der Waals surface area contributed by atoms with Crippen molar-refractivity contribution in [2.45, 2.75) is 13.5 Å². The van der Waals surface area contributed by atoms with E-state index in [1.807, 2.05) is 0 Å². The Labute approximate surface area is 58.3 Å². The first-order valence-corrected chi connectivity index (χ1v) is 2.96. The van der Waals surface area contributed by atoms with Crippen LogP contribution in [0.4, 0.5) is 4.39 Å². The van der Waals surface area contributed by atoms with Gasteiger partial charge in [-0.25, -0.2) is 4.39 Å². The highest BCUT2D eigenvalue weighted by atomic mass is 19.1. The lowest BCUT2D eigenvalue weighted by Crippen LogP contribution is -1.95. The zero-order valence-electron chi connectivity index (χ0n) is 5.63. The van der Waals surface area contributed by atoms with E-state index in [4.69, 9.17) is 5.11 Å². The molecule has 0 saturated carbocycles. The molecular formula is C7H8FNO. The van der Waals surface area contributed by atoms with Crippen molar-refractivity contribution >= 4 is 0 Å². The molecule has 1 rings (SSSR count). The fourth-order valence-electron chi connectivity index (χ4n) is 0.707. The number of hydrogen-bond donors (Lipinski definition) is 1. The van der Waals surface area contributed by atoms with Crippen LogP contribution in [0.25, 0.3) is 0 Å². The highest BCUT2D eigenvalue weighted by Crippen LogP contribution is 2.07. The Kier molecular flexibility index (Phi) is 1.97. The number of halogens is 1. The summed E-state index contributed by atoms with van der Waals surface area (Å²) in [7, 11) is 0. The molecule has 0 aromatic carbocycles. The third-order valence-corrected chi connectivity index (χ3v) is 1.30. The first-order valence-electron chi connectivity index (χ1n) is 2.96. The highest BCUT2D eigenvalue weighted by Gasteiger charge is 2.02. The molecule has 0 saturated heterocycles. The average Bonchev–Trinajstić information content (AvgIpc) is 1.95. The van der Waals surface area contributed by atoms with E-state index in [2.05, 4.69) is 4.98 Å². The van der Waals surface area contributed by atoms with Gasteiger partial charge in [-0.15, -0.1) is 0 Å². The van der Waals surface area contributed by atoms with E-state index in [0.717, 1.165) is 0 Å². The summed E-state index contributed by atoms with van der Waals surface area (Å²) in [4.78, 5) is 3.63. The van der Waals surface area contributed by atoms with E-state index < -0.39 is 5.82 Å². The molecule has 0 aliphatic carbocycles. The van der Waals surface area contributed by atoms with Crippen LogP contribution < -0.4 is 0 Å². The first-order chi connectivity index (χ1) is 4.75. The molecule has 0 aliphatic heterocycles. The van der Waals surface area contributed by atoms with Crippen LogP contribution in [0.3, 0.4) is 0 Å². The molecule has 0 unspecified atom stereocenters. The van der Waals surface area contributed by atoms with Gasteiger partial charge in [0.05, 0.1) is 6.61 Å². The molecular weight excluding hydrogens is 133 g/mol. The maximum absolute atomic E-state index is 12.8. The molecule has 0 bridgehead atoms. The Balaban J connectivity index is 3.14. The van der Waals surface area contributed by atoms with Crippen molar-refractivity contribution < 1.29 is 9.50 Å². The zero-order chi connectivity index (χ0) is 7.56. The van der Waals surface area contributed by atoms with Gasteiger partial charge in [-0.05, 0) is 18.6 Å². The summed E-state index contributed by atoms with van der Waals surface area (Å²) in [6.45, 7) is 1.30. The molecule has 54 valence electrons. The number of nitrogens with zero attached hydrogens (tertiary/aromatic N) is 1. The van der Waals surface area contributed by atoms with Crippen molar-refractivity contribution in [3.63, 3.8) is 0 Å². The number of aliphatic hydroxyl groups is 1. The van der Waals surface area contributed by atoms with Gasteiger partial charge in [0.25, 0.3) is 0 Å². The smallest absolute Gasteiger partial charge is 0.149 e. The second-order valence-corrected chi connectivity index (χ2v) is 2.05. The van der Waals surface area contributed by atoms with Gasteiger partial charge >= 0.3 is 0 Å². The molecule has 10 heavy (non-hydrogen) atoms. The molecule has 0 spiro atoms. The van der Waals surface area contributed by atoms with Crippen LogP contribution in [0.15, 0.2) is 12.3 Å². The van der Waals surface area contributed by atoms with Gasteiger partial charge in [-0.1, -0.05) is 0 Å². The fourth-order valence-corrected chi connectivity index (χ4v) is 0.707. The lowest BCUT2D eigenvalue weighted by Gasteiger charge is -1.98. The third kappa shape index (κ3) is 1.14. The number of aromatic nitrogens is 1. The summed E-state index contributed by atoms with van der Waals surface area (Å²) in [6.07, 6.45) is 1.48. The number of aryl methyl sites for hydroxylation is 1. The highest BCUT2D eigenvalue weighted by molar-refractivity contribution is 5.16. The van der Waals surface area contributed by atoms with E-state index in [0.29, 0.717) is 5.56 Å². The Morgan fingerprint density at radius 3 is 2.90 bits per heavy atom. The molecule has 1 aromatic rings. The maximum atomic E-state index is 12.8. The monoisotopic (exact) mass is 141 g/mol. The van der Waals surface area contributed by atoms with Gasteiger partial charge < -0.3 is 5.11 Å². The van der Waals surface area contributed by atoms with E-state index in [9.17, 15) is 4.39 Å². The van der Waals surface area contributed by atoms with Crippen molar-refractivity contribution in [1.82, 2.24) is 4.98 Å². The summed E-state index contributed by atoms with van der Waals surface area (Å²) in [5.74, 6) is -0.412. The topological polar surface area (TPSA) is 33.1 Å². The van der Waals surface area contributed by atoms with Gasteiger partial charge in [0.2, 0.25) is 0 Å². The van der Waals surface area contributed by atoms with Crippen molar-refractivity contribution in [3.05, 3.63) is 29.3 Å². The quantitative estimate of drug-likeness (QED) is 0.633. The van der Waals surface area contributed by atoms with Crippen LogP contribution in [-0.4, -0.2) is 10.1 Å². The lowest BCUT2D eigenvalue weighted by atomic mass is 10.2. The number of aliphatic hydroxyl groups excluding tert-OH is 1. The predicted molar refractivity (Wildman–Crippen MR) is 34.9 cm³/mol. The fraction of sp³-hybridized carbons (Fsp3) is 0.286. The average molecular weight is 141 g/mol. The van der Waals surface area contributed by atoms with Crippen LogP contribution in [-0.2, 0) is 6.61 Å². The molecule has 2 nitrogen and oxygen atoms in total. The van der Waals surface area contributed by atoms with Crippen LogP contribution in [0, 0.1) is 12.7 Å². The standard InChI is InChI=1S/C7H8FNO/c1-5-2-3-9-6(4-10)7(5)8/h2-3,10H,4H2,1H3. The van der Waals surface area contributed by atoms with Crippen LogP contribution in [0.5, 0.6) is 0 Å². The Morgan fingerprint density at radius 2 is 2.40 bits per heavy atom. The molecule has 1 aromatic heterocycles. The summed E-state index contributed by atoms with van der Waals surface area (Å²) in [6, 6.07) is 1.56. The summed E-state index contributed by atoms with van der Waals surface area (Å²) in [5.41, 5.74) is 0.624. The molecule has 3 heteroatoms. The van der Waals surface area contributed by atoms with Gasteiger partial charge in [0.15, 0.2) is 0 Å². The van der Waals surface area contributed by atoms with Crippen LogP contribution in [0.1, 0.15) is 11.3 Å². The Hall–Kier alpha value is -0.960. The van der Waals surface area contributed by atoms with Crippen LogP contribution >= 0.6 is 0 Å². The number of rotatable bonds is 1. The van der Waals surface area contributed by atoms with E-state index in [-0.39, 0.29) is 12.3 Å². The van der Waals surface area contributed by atoms with Crippen LogP contribution in [0.2, 0.25) is 0 Å². The predicted octanol–water partition coefficient (Wildman–Crippen LogP) is 1.02. The number of pyridine rings is 1. The van der Waals surface area contributed by atoms with Crippen molar-refractivity contribution in [2.24, 2.45) is 0 Å². The van der Waals surface area contributed by atoms with E-state index in [1.54, 1.807) is 13.0 Å². The normalized spacial score (nSPS) is 9.90. The minimum absolute atomic E-state index is 0.111. The van der Waals surface area contributed by atoms with Crippen molar-refractivity contribution in [3.8, 4) is 0 Å². The summed E-state index contributed by atoms with van der Waals surface area (Å²) in [5, 5.41) is 8.54. The Morgan fingerprint density at radius 1 is 1.70 bits per heavy atom. The second-order valence-electron chi connectivity index (χ2n) is 2.05. The maximum Gasteiger partial charge on any atom is 0.149 e. The molecule has 0 radical (unpaired) electrons. The van der Waals surface area contributed by atoms with E-state index >= 15 is 0 Å². The SMILES string of the molecule is Cc1ccnc(CO)c1F.